The molecule has 3 N–H and O–H groups in total. The minimum Gasteiger partial charge on any atom is -0.389 e. The summed E-state index contributed by atoms with van der Waals surface area (Å²) in [7, 11) is 0. The smallest absolute Gasteiger partial charge is 0.106 e. The van der Waals surface area contributed by atoms with Crippen molar-refractivity contribution in [1.29, 1.82) is 0 Å². The predicted octanol–water partition coefficient (Wildman–Crippen LogP) is 3.93. The number of hydrogen-bond donors (Lipinski definition) is 2. The van der Waals surface area contributed by atoms with Gasteiger partial charge in [0.2, 0.25) is 0 Å². The van der Waals surface area contributed by atoms with E-state index in [1.807, 2.05) is 18.2 Å². The molecule has 0 saturated heterocycles. The highest BCUT2D eigenvalue weighted by Gasteiger charge is 2.21. The van der Waals surface area contributed by atoms with Crippen molar-refractivity contribution < 1.29 is 0 Å². The number of nitrogens with one attached hydrogen (secondary N) is 1. The van der Waals surface area contributed by atoms with Crippen LogP contribution in [0.15, 0.2) is 22.7 Å². The van der Waals surface area contributed by atoms with Crippen LogP contribution in [0.3, 0.4) is 0 Å². The standard InChI is InChI=1S/C14H19BrN2S/c1-9-2-3-10(6-9)8-17-13-5-4-11(15)7-12(13)14(16)18/h4-5,7,9-10,17H,2-3,6,8H2,1H3,(H2,16,18). The van der Waals surface area contributed by atoms with Crippen LogP contribution >= 0.6 is 28.1 Å². The summed E-state index contributed by atoms with van der Waals surface area (Å²) < 4.78 is 1.00. The van der Waals surface area contributed by atoms with Gasteiger partial charge in [-0.15, -0.1) is 0 Å². The maximum Gasteiger partial charge on any atom is 0.106 e. The van der Waals surface area contributed by atoms with Crippen LogP contribution in [-0.2, 0) is 0 Å². The number of hydrogen-bond acceptors (Lipinski definition) is 2. The Morgan fingerprint density at radius 1 is 1.50 bits per heavy atom. The summed E-state index contributed by atoms with van der Waals surface area (Å²) in [5.41, 5.74) is 7.73. The summed E-state index contributed by atoms with van der Waals surface area (Å²) in [4.78, 5) is 0.443. The summed E-state index contributed by atoms with van der Waals surface area (Å²) in [5, 5.41) is 3.50. The summed E-state index contributed by atoms with van der Waals surface area (Å²) in [5.74, 6) is 1.65. The topological polar surface area (TPSA) is 38.0 Å². The molecule has 1 aromatic carbocycles. The summed E-state index contributed by atoms with van der Waals surface area (Å²) in [6, 6.07) is 6.03. The Kier molecular flexibility index (Phi) is 4.62. The van der Waals surface area contributed by atoms with Gasteiger partial charge >= 0.3 is 0 Å². The number of halogens is 1. The van der Waals surface area contributed by atoms with E-state index in [1.54, 1.807) is 0 Å². The quantitative estimate of drug-likeness (QED) is 0.823. The van der Waals surface area contributed by atoms with Gasteiger partial charge in [0.05, 0.1) is 0 Å². The minimum atomic E-state index is 0.443. The first-order valence-electron chi connectivity index (χ1n) is 6.39. The molecule has 4 heteroatoms. The van der Waals surface area contributed by atoms with Gasteiger partial charge in [-0.05, 0) is 42.9 Å². The molecule has 2 nitrogen and oxygen atoms in total. The third-order valence-electron chi connectivity index (χ3n) is 3.63. The maximum absolute atomic E-state index is 5.76. The molecule has 2 unspecified atom stereocenters. The lowest BCUT2D eigenvalue weighted by Crippen LogP contribution is -2.16. The maximum atomic E-state index is 5.76. The van der Waals surface area contributed by atoms with Gasteiger partial charge in [0.1, 0.15) is 4.99 Å². The summed E-state index contributed by atoms with van der Waals surface area (Å²) >= 11 is 8.54. The number of rotatable bonds is 4. The second-order valence-electron chi connectivity index (χ2n) is 5.22. The number of thiocarbonyl (C=S) groups is 1. The molecule has 18 heavy (non-hydrogen) atoms. The molecule has 0 bridgehead atoms. The van der Waals surface area contributed by atoms with Crippen LogP contribution in [0.4, 0.5) is 5.69 Å². The first-order chi connectivity index (χ1) is 8.56. The van der Waals surface area contributed by atoms with Crippen LogP contribution in [0.5, 0.6) is 0 Å². The lowest BCUT2D eigenvalue weighted by Gasteiger charge is -2.15. The van der Waals surface area contributed by atoms with Gasteiger partial charge in [0.15, 0.2) is 0 Å². The largest absolute Gasteiger partial charge is 0.389 e. The van der Waals surface area contributed by atoms with Gasteiger partial charge in [-0.2, -0.15) is 0 Å². The zero-order valence-corrected chi connectivity index (χ0v) is 13.0. The van der Waals surface area contributed by atoms with Crippen LogP contribution in [0, 0.1) is 11.8 Å². The van der Waals surface area contributed by atoms with E-state index in [2.05, 4.69) is 28.2 Å². The molecule has 1 aliphatic carbocycles. The van der Waals surface area contributed by atoms with E-state index in [-0.39, 0.29) is 0 Å². The summed E-state index contributed by atoms with van der Waals surface area (Å²) in [6.07, 6.45) is 4.01. The zero-order chi connectivity index (χ0) is 13.1. The van der Waals surface area contributed by atoms with Crippen molar-refractivity contribution in [2.75, 3.05) is 11.9 Å². The van der Waals surface area contributed by atoms with E-state index in [0.29, 0.717) is 4.99 Å². The van der Waals surface area contributed by atoms with Crippen molar-refractivity contribution >= 4 is 38.8 Å². The first kappa shape index (κ1) is 13.8. The fourth-order valence-corrected chi connectivity index (χ4v) is 3.17. The fourth-order valence-electron chi connectivity index (χ4n) is 2.64. The van der Waals surface area contributed by atoms with Crippen molar-refractivity contribution in [2.45, 2.75) is 26.2 Å². The molecule has 0 heterocycles. The summed E-state index contributed by atoms with van der Waals surface area (Å²) in [6.45, 7) is 3.35. The molecule has 2 atom stereocenters. The SMILES string of the molecule is CC1CCC(CNc2ccc(Br)cc2C(N)=S)C1. The van der Waals surface area contributed by atoms with Crippen LogP contribution in [0.2, 0.25) is 0 Å². The zero-order valence-electron chi connectivity index (χ0n) is 10.6. The number of benzene rings is 1. The molecule has 0 radical (unpaired) electrons. The lowest BCUT2D eigenvalue weighted by atomic mass is 10.1. The van der Waals surface area contributed by atoms with Crippen molar-refractivity contribution in [3.05, 3.63) is 28.2 Å². The normalized spacial score (nSPS) is 23.0. The van der Waals surface area contributed by atoms with Gasteiger partial charge in [-0.1, -0.05) is 41.5 Å². The second kappa shape index (κ2) is 6.02. The Bertz CT molecular complexity index is 447. The van der Waals surface area contributed by atoms with Crippen LogP contribution < -0.4 is 11.1 Å². The van der Waals surface area contributed by atoms with Gasteiger partial charge in [0.25, 0.3) is 0 Å². The van der Waals surface area contributed by atoms with Crippen molar-refractivity contribution in [1.82, 2.24) is 0 Å². The van der Waals surface area contributed by atoms with Crippen molar-refractivity contribution in [3.8, 4) is 0 Å². The monoisotopic (exact) mass is 326 g/mol. The van der Waals surface area contributed by atoms with Gasteiger partial charge < -0.3 is 11.1 Å². The van der Waals surface area contributed by atoms with Crippen molar-refractivity contribution in [3.63, 3.8) is 0 Å². The third-order valence-corrected chi connectivity index (χ3v) is 4.34. The first-order valence-corrected chi connectivity index (χ1v) is 7.59. The van der Waals surface area contributed by atoms with E-state index in [1.165, 1.54) is 19.3 Å². The molecule has 1 aliphatic rings. The van der Waals surface area contributed by atoms with Crippen LogP contribution in [0.1, 0.15) is 31.7 Å². The second-order valence-corrected chi connectivity index (χ2v) is 6.57. The number of anilines is 1. The average molecular weight is 327 g/mol. The van der Waals surface area contributed by atoms with Crippen LogP contribution in [-0.4, -0.2) is 11.5 Å². The lowest BCUT2D eigenvalue weighted by molar-refractivity contribution is 0.537. The highest BCUT2D eigenvalue weighted by Crippen LogP contribution is 2.31. The Morgan fingerprint density at radius 2 is 2.28 bits per heavy atom. The van der Waals surface area contributed by atoms with E-state index < -0.39 is 0 Å². The molecular weight excluding hydrogens is 308 g/mol. The van der Waals surface area contributed by atoms with E-state index in [9.17, 15) is 0 Å². The molecule has 0 amide bonds. The van der Waals surface area contributed by atoms with Crippen molar-refractivity contribution in [2.24, 2.45) is 17.6 Å². The Hall–Kier alpha value is -0.610. The molecule has 1 fully saturated rings. The van der Waals surface area contributed by atoms with Gasteiger partial charge in [-0.3, -0.25) is 0 Å². The average Bonchev–Trinajstić information content (AvgIpc) is 2.73. The number of nitrogens with two attached hydrogens (primary N) is 1. The Morgan fingerprint density at radius 3 is 2.89 bits per heavy atom. The van der Waals surface area contributed by atoms with E-state index in [4.69, 9.17) is 18.0 Å². The predicted molar refractivity (Wildman–Crippen MR) is 85.0 cm³/mol. The molecule has 2 rings (SSSR count). The molecular formula is C14H19BrN2S. The molecule has 0 spiro atoms. The van der Waals surface area contributed by atoms with E-state index in [0.717, 1.165) is 34.1 Å². The highest BCUT2D eigenvalue weighted by molar-refractivity contribution is 9.10. The van der Waals surface area contributed by atoms with Gasteiger partial charge in [0, 0.05) is 22.3 Å². The highest BCUT2D eigenvalue weighted by atomic mass is 79.9. The van der Waals surface area contributed by atoms with Gasteiger partial charge in [-0.25, -0.2) is 0 Å². The molecule has 98 valence electrons. The molecule has 0 aromatic heterocycles. The Labute approximate surface area is 122 Å². The third kappa shape index (κ3) is 3.45. The molecule has 0 aliphatic heterocycles. The Balaban J connectivity index is 2.02. The van der Waals surface area contributed by atoms with Crippen LogP contribution in [0.25, 0.3) is 0 Å². The molecule has 1 saturated carbocycles. The minimum absolute atomic E-state index is 0.443. The van der Waals surface area contributed by atoms with E-state index >= 15 is 0 Å². The fraction of sp³-hybridized carbons (Fsp3) is 0.500. The molecule has 1 aromatic rings.